The fourth-order valence-electron chi connectivity index (χ4n) is 3.32. The average Bonchev–Trinajstić information content (AvgIpc) is 3.28. The summed E-state index contributed by atoms with van der Waals surface area (Å²) >= 11 is 1.54. The number of aromatic nitrogens is 3. The number of hydrogen-bond acceptors (Lipinski definition) is 5. The Morgan fingerprint density at radius 3 is 2.46 bits per heavy atom. The Morgan fingerprint density at radius 2 is 1.91 bits per heavy atom. The molecule has 0 radical (unpaired) electrons. The molecule has 8 heteroatoms. The van der Waals surface area contributed by atoms with Crippen molar-refractivity contribution in [2.75, 3.05) is 18.6 Å². The van der Waals surface area contributed by atoms with Gasteiger partial charge in [0.2, 0.25) is 0 Å². The van der Waals surface area contributed by atoms with Crippen LogP contribution in [0, 0.1) is 5.82 Å². The molecule has 1 unspecified atom stereocenters. The highest BCUT2D eigenvalue weighted by Crippen LogP contribution is 2.26. The first-order valence-corrected chi connectivity index (χ1v) is 12.7. The number of benzene rings is 1. The number of nitrogens with one attached hydrogen (secondary N) is 2. The first-order chi connectivity index (χ1) is 16.8. The van der Waals surface area contributed by atoms with Crippen molar-refractivity contribution in [1.82, 2.24) is 20.1 Å². The molecule has 3 rings (SSSR count). The van der Waals surface area contributed by atoms with Crippen LogP contribution in [-0.2, 0) is 4.79 Å². The van der Waals surface area contributed by atoms with Crippen molar-refractivity contribution in [1.29, 1.82) is 0 Å². The number of nitrogens with zero attached hydrogens (tertiary/aromatic N) is 3. The van der Waals surface area contributed by atoms with Gasteiger partial charge in [0.25, 0.3) is 5.91 Å². The van der Waals surface area contributed by atoms with E-state index < -0.39 is 0 Å². The molecule has 2 N–H and O–H groups in total. The minimum absolute atomic E-state index is 0.227. The summed E-state index contributed by atoms with van der Waals surface area (Å²) < 4.78 is 14.9. The third kappa shape index (κ3) is 7.05. The first-order valence-electron chi connectivity index (χ1n) is 11.5. The topological polar surface area (TPSA) is 71.8 Å². The van der Waals surface area contributed by atoms with Gasteiger partial charge in [0.05, 0.1) is 28.6 Å². The van der Waals surface area contributed by atoms with Crippen LogP contribution in [0.2, 0.25) is 0 Å². The summed E-state index contributed by atoms with van der Waals surface area (Å²) in [4.78, 5) is 17.7. The molecule has 0 spiro atoms. The molecule has 0 aliphatic rings. The fourth-order valence-corrected chi connectivity index (χ4v) is 3.77. The number of amides is 1. The van der Waals surface area contributed by atoms with Crippen molar-refractivity contribution in [3.8, 4) is 5.69 Å². The van der Waals surface area contributed by atoms with E-state index in [1.165, 1.54) is 18.6 Å². The summed E-state index contributed by atoms with van der Waals surface area (Å²) in [5.41, 5.74) is 3.40. The molecule has 0 aliphatic carbocycles. The standard InChI is InChI=1S/C24H26FN5OS.C3H8/c1-6-19(20-14-27-30(21(20)7-2)18-10-8-17(25)9-11-18)24(31)28-15(3)16-12-22(26-4)29-23(13-16)32-5;1-3-2/h6-15H,2H2,1,3-5H3,(H,26,29)(H,28,31);3H2,1-2H3/b19-6+;. The quantitative estimate of drug-likeness (QED) is 0.275. The van der Waals surface area contributed by atoms with Crippen LogP contribution in [0.25, 0.3) is 17.3 Å². The Morgan fingerprint density at radius 1 is 1.26 bits per heavy atom. The van der Waals surface area contributed by atoms with E-state index in [-0.39, 0.29) is 17.8 Å². The normalized spacial score (nSPS) is 11.8. The first kappa shape index (κ1) is 27.9. The molecule has 0 fully saturated rings. The predicted molar refractivity (Wildman–Crippen MR) is 145 cm³/mol. The van der Waals surface area contributed by atoms with Gasteiger partial charge in [0, 0.05) is 18.2 Å². The van der Waals surface area contributed by atoms with Gasteiger partial charge in [-0.25, -0.2) is 14.1 Å². The monoisotopic (exact) mass is 495 g/mol. The summed E-state index contributed by atoms with van der Waals surface area (Å²) in [6.07, 6.45) is 8.22. The number of thioether (sulfide) groups is 1. The molecule has 0 bridgehead atoms. The van der Waals surface area contributed by atoms with Crippen LogP contribution < -0.4 is 10.6 Å². The minimum Gasteiger partial charge on any atom is -0.373 e. The molecule has 0 saturated carbocycles. The maximum absolute atomic E-state index is 13.3. The van der Waals surface area contributed by atoms with E-state index in [0.29, 0.717) is 22.5 Å². The number of carbonyl (C=O) groups is 1. The zero-order valence-electron chi connectivity index (χ0n) is 21.2. The summed E-state index contributed by atoms with van der Waals surface area (Å²) in [6.45, 7) is 11.9. The van der Waals surface area contributed by atoms with Crippen LogP contribution in [-0.4, -0.2) is 34.0 Å². The van der Waals surface area contributed by atoms with E-state index in [4.69, 9.17) is 0 Å². The molecule has 186 valence electrons. The van der Waals surface area contributed by atoms with Crippen molar-refractivity contribution in [3.05, 3.63) is 77.9 Å². The molecule has 1 atom stereocenters. The number of allylic oxidation sites excluding steroid dienone is 1. The van der Waals surface area contributed by atoms with E-state index in [1.54, 1.807) is 53.8 Å². The second-order valence-electron chi connectivity index (χ2n) is 7.72. The Labute approximate surface area is 211 Å². The van der Waals surface area contributed by atoms with Gasteiger partial charge in [-0.05, 0) is 68.1 Å². The Kier molecular flexibility index (Phi) is 10.7. The lowest BCUT2D eigenvalue weighted by Crippen LogP contribution is -2.27. The molecule has 2 aromatic heterocycles. The summed E-state index contributed by atoms with van der Waals surface area (Å²) in [5.74, 6) is 0.190. The number of rotatable bonds is 8. The predicted octanol–water partition coefficient (Wildman–Crippen LogP) is 6.51. The van der Waals surface area contributed by atoms with E-state index in [9.17, 15) is 9.18 Å². The van der Waals surface area contributed by atoms with Crippen LogP contribution in [0.1, 0.15) is 57.0 Å². The van der Waals surface area contributed by atoms with Crippen LogP contribution in [0.3, 0.4) is 0 Å². The summed E-state index contributed by atoms with van der Waals surface area (Å²) in [7, 11) is 1.81. The van der Waals surface area contributed by atoms with E-state index >= 15 is 0 Å². The zero-order chi connectivity index (χ0) is 26.0. The largest absolute Gasteiger partial charge is 0.373 e. The van der Waals surface area contributed by atoms with Gasteiger partial charge in [-0.2, -0.15) is 5.10 Å². The van der Waals surface area contributed by atoms with E-state index in [0.717, 1.165) is 16.4 Å². The smallest absolute Gasteiger partial charge is 0.252 e. The highest BCUT2D eigenvalue weighted by Gasteiger charge is 2.21. The highest BCUT2D eigenvalue weighted by atomic mass is 32.2. The summed E-state index contributed by atoms with van der Waals surface area (Å²) in [6, 6.07) is 9.63. The van der Waals surface area contributed by atoms with Crippen LogP contribution in [0.15, 0.2) is 60.3 Å². The molecule has 2 heterocycles. The molecule has 0 aliphatic heterocycles. The maximum Gasteiger partial charge on any atom is 0.252 e. The second-order valence-corrected chi connectivity index (χ2v) is 8.55. The number of hydrogen-bond donors (Lipinski definition) is 2. The highest BCUT2D eigenvalue weighted by molar-refractivity contribution is 7.98. The molecule has 3 aromatic rings. The van der Waals surface area contributed by atoms with E-state index in [2.05, 4.69) is 41.1 Å². The Balaban J connectivity index is 0.00000137. The lowest BCUT2D eigenvalue weighted by atomic mass is 10.0. The molecule has 0 saturated heterocycles. The Hall–Kier alpha value is -3.39. The minimum atomic E-state index is -0.328. The van der Waals surface area contributed by atoms with Gasteiger partial charge in [-0.1, -0.05) is 32.9 Å². The molecular weight excluding hydrogens is 461 g/mol. The molecule has 6 nitrogen and oxygen atoms in total. The van der Waals surface area contributed by atoms with Gasteiger partial charge >= 0.3 is 0 Å². The molecule has 1 amide bonds. The third-order valence-corrected chi connectivity index (χ3v) is 5.66. The van der Waals surface area contributed by atoms with Crippen molar-refractivity contribution >= 4 is 35.1 Å². The van der Waals surface area contributed by atoms with Gasteiger partial charge in [-0.3, -0.25) is 4.79 Å². The van der Waals surface area contributed by atoms with E-state index in [1.807, 2.05) is 32.4 Å². The van der Waals surface area contributed by atoms with Gasteiger partial charge < -0.3 is 10.6 Å². The van der Waals surface area contributed by atoms with Gasteiger partial charge in [-0.15, -0.1) is 11.8 Å². The van der Waals surface area contributed by atoms with Crippen LogP contribution in [0.5, 0.6) is 0 Å². The van der Waals surface area contributed by atoms with Crippen molar-refractivity contribution < 1.29 is 9.18 Å². The van der Waals surface area contributed by atoms with Crippen LogP contribution >= 0.6 is 11.8 Å². The maximum atomic E-state index is 13.3. The molecule has 35 heavy (non-hydrogen) atoms. The SMILES string of the molecule is C=Cc1c(/C(=C\C)C(=O)NC(C)c2cc(NC)nc(SC)c2)cnn1-c1ccc(F)cc1.CCC. The average molecular weight is 496 g/mol. The Bertz CT molecular complexity index is 1150. The number of halogens is 1. The second kappa shape index (κ2) is 13.5. The van der Waals surface area contributed by atoms with Crippen LogP contribution in [0.4, 0.5) is 10.2 Å². The number of anilines is 1. The third-order valence-electron chi connectivity index (χ3n) is 5.03. The molecular formula is C27H34FN5OS. The zero-order valence-corrected chi connectivity index (χ0v) is 22.0. The van der Waals surface area contributed by atoms with Gasteiger partial charge in [0.15, 0.2) is 0 Å². The van der Waals surface area contributed by atoms with Crippen molar-refractivity contribution in [2.45, 2.75) is 45.2 Å². The van der Waals surface area contributed by atoms with Crippen molar-refractivity contribution in [2.24, 2.45) is 0 Å². The number of carbonyl (C=O) groups excluding carboxylic acids is 1. The summed E-state index contributed by atoms with van der Waals surface area (Å²) in [5, 5.41) is 11.4. The lowest BCUT2D eigenvalue weighted by molar-refractivity contribution is -0.116. The number of pyridine rings is 1. The fraction of sp³-hybridized carbons (Fsp3) is 0.296. The lowest BCUT2D eigenvalue weighted by Gasteiger charge is -2.17. The molecule has 1 aromatic carbocycles. The van der Waals surface area contributed by atoms with Crippen molar-refractivity contribution in [3.63, 3.8) is 0 Å². The van der Waals surface area contributed by atoms with Gasteiger partial charge in [0.1, 0.15) is 11.6 Å².